The van der Waals surface area contributed by atoms with Crippen molar-refractivity contribution < 1.29 is 9.53 Å². The first-order chi connectivity index (χ1) is 8.81. The molecule has 0 aliphatic rings. The fourth-order valence-electron chi connectivity index (χ4n) is 1.98. The lowest BCUT2D eigenvalue weighted by molar-refractivity contribution is -0.140. The average Bonchev–Trinajstić information content (AvgIpc) is 2.39. The number of carbonyl (C=O) groups is 1. The molecule has 0 aromatic carbocycles. The van der Waals surface area contributed by atoms with Crippen LogP contribution in [0.5, 0.6) is 0 Å². The van der Waals surface area contributed by atoms with Crippen molar-refractivity contribution in [2.45, 2.75) is 77.6 Å². The molecular formula is C16H30O2. The van der Waals surface area contributed by atoms with Crippen LogP contribution in [0, 0.1) is 0 Å². The van der Waals surface area contributed by atoms with Gasteiger partial charge in [-0.3, -0.25) is 4.79 Å². The Bertz CT molecular complexity index is 209. The van der Waals surface area contributed by atoms with E-state index in [1.165, 1.54) is 52.1 Å². The summed E-state index contributed by atoms with van der Waals surface area (Å²) < 4.78 is 4.61. The third-order valence-corrected chi connectivity index (χ3v) is 3.13. The summed E-state index contributed by atoms with van der Waals surface area (Å²) >= 11 is 0. The Labute approximate surface area is 113 Å². The zero-order valence-corrected chi connectivity index (χ0v) is 12.2. The molecule has 0 saturated carbocycles. The summed E-state index contributed by atoms with van der Waals surface area (Å²) in [5.74, 6) is -0.0740. The highest BCUT2D eigenvalue weighted by Gasteiger charge is 1.98. The Hall–Kier alpha value is -0.790. The summed E-state index contributed by atoms with van der Waals surface area (Å²) in [5.41, 5.74) is 0. The number of methoxy groups -OCH3 is 1. The summed E-state index contributed by atoms with van der Waals surface area (Å²) in [7, 11) is 1.46. The van der Waals surface area contributed by atoms with Gasteiger partial charge in [0, 0.05) is 6.42 Å². The zero-order chi connectivity index (χ0) is 13.5. The van der Waals surface area contributed by atoms with Gasteiger partial charge >= 0.3 is 5.97 Å². The molecule has 0 aromatic heterocycles. The van der Waals surface area contributed by atoms with Gasteiger partial charge in [-0.2, -0.15) is 0 Å². The third kappa shape index (κ3) is 13.3. The Balaban J connectivity index is 3.03. The molecule has 0 bridgehead atoms. The van der Waals surface area contributed by atoms with Crippen LogP contribution in [-0.4, -0.2) is 13.1 Å². The molecule has 106 valence electrons. The second kappa shape index (κ2) is 14.3. The fraction of sp³-hybridized carbons (Fsp3) is 0.812. The van der Waals surface area contributed by atoms with E-state index in [9.17, 15) is 4.79 Å². The molecule has 0 spiro atoms. The second-order valence-corrected chi connectivity index (χ2v) is 4.82. The molecule has 0 unspecified atom stereocenters. The molecule has 0 heterocycles. The summed E-state index contributed by atoms with van der Waals surface area (Å²) in [4.78, 5) is 10.9. The topological polar surface area (TPSA) is 26.3 Å². The second-order valence-electron chi connectivity index (χ2n) is 4.82. The van der Waals surface area contributed by atoms with Crippen molar-refractivity contribution in [2.75, 3.05) is 7.11 Å². The normalized spacial score (nSPS) is 11.0. The predicted molar refractivity (Wildman–Crippen MR) is 77.6 cm³/mol. The van der Waals surface area contributed by atoms with E-state index >= 15 is 0 Å². The molecule has 0 N–H and O–H groups in total. The smallest absolute Gasteiger partial charge is 0.305 e. The minimum Gasteiger partial charge on any atom is -0.469 e. The van der Waals surface area contributed by atoms with Gasteiger partial charge in [0.2, 0.25) is 0 Å². The zero-order valence-electron chi connectivity index (χ0n) is 12.2. The predicted octanol–water partition coefficient (Wildman–Crippen LogP) is 5.03. The molecule has 0 aromatic rings. The number of carbonyl (C=O) groups excluding carboxylic acids is 1. The SMILES string of the molecule is CC/C=C/CCCCCCCCCCC(=O)OC. The number of allylic oxidation sites excluding steroid dienone is 2. The number of unbranched alkanes of at least 4 members (excludes halogenated alkanes) is 8. The summed E-state index contributed by atoms with van der Waals surface area (Å²) in [6.45, 7) is 2.18. The van der Waals surface area contributed by atoms with E-state index in [1.807, 2.05) is 0 Å². The first-order valence-electron chi connectivity index (χ1n) is 7.53. The van der Waals surface area contributed by atoms with Crippen molar-refractivity contribution in [1.82, 2.24) is 0 Å². The average molecular weight is 254 g/mol. The van der Waals surface area contributed by atoms with Crippen molar-refractivity contribution >= 4 is 5.97 Å². The maximum Gasteiger partial charge on any atom is 0.305 e. The van der Waals surface area contributed by atoms with Gasteiger partial charge in [0.1, 0.15) is 0 Å². The molecule has 2 heteroatoms. The highest BCUT2D eigenvalue weighted by atomic mass is 16.5. The molecule has 0 aliphatic carbocycles. The van der Waals surface area contributed by atoms with Crippen molar-refractivity contribution in [3.63, 3.8) is 0 Å². The Morgan fingerprint density at radius 2 is 1.44 bits per heavy atom. The summed E-state index contributed by atoms with van der Waals surface area (Å²) in [6, 6.07) is 0. The van der Waals surface area contributed by atoms with Gasteiger partial charge in [0.15, 0.2) is 0 Å². The van der Waals surface area contributed by atoms with Crippen LogP contribution in [0.3, 0.4) is 0 Å². The molecule has 0 fully saturated rings. The summed E-state index contributed by atoms with van der Waals surface area (Å²) in [6.07, 6.45) is 17.6. The van der Waals surface area contributed by atoms with E-state index in [0.717, 1.165) is 19.3 Å². The fourth-order valence-corrected chi connectivity index (χ4v) is 1.98. The van der Waals surface area contributed by atoms with Crippen LogP contribution < -0.4 is 0 Å². The van der Waals surface area contributed by atoms with Crippen molar-refractivity contribution in [1.29, 1.82) is 0 Å². The van der Waals surface area contributed by atoms with Crippen LogP contribution >= 0.6 is 0 Å². The molecule has 2 nitrogen and oxygen atoms in total. The van der Waals surface area contributed by atoms with Gasteiger partial charge in [0.05, 0.1) is 7.11 Å². The van der Waals surface area contributed by atoms with E-state index in [1.54, 1.807) is 0 Å². The van der Waals surface area contributed by atoms with Crippen LogP contribution in [0.1, 0.15) is 77.6 Å². The molecule has 0 radical (unpaired) electrons. The molecule has 18 heavy (non-hydrogen) atoms. The Morgan fingerprint density at radius 1 is 0.889 bits per heavy atom. The Morgan fingerprint density at radius 3 is 2.00 bits per heavy atom. The molecule has 0 saturated heterocycles. The number of ether oxygens (including phenoxy) is 1. The molecule has 0 atom stereocenters. The van der Waals surface area contributed by atoms with Gasteiger partial charge in [-0.15, -0.1) is 0 Å². The number of hydrogen-bond donors (Lipinski definition) is 0. The third-order valence-electron chi connectivity index (χ3n) is 3.13. The van der Waals surface area contributed by atoms with Crippen LogP contribution in [0.15, 0.2) is 12.2 Å². The maximum atomic E-state index is 10.9. The van der Waals surface area contributed by atoms with Crippen LogP contribution in [-0.2, 0) is 9.53 Å². The van der Waals surface area contributed by atoms with Gasteiger partial charge < -0.3 is 4.74 Å². The lowest BCUT2D eigenvalue weighted by atomic mass is 10.1. The van der Waals surface area contributed by atoms with Crippen LogP contribution in [0.4, 0.5) is 0 Å². The van der Waals surface area contributed by atoms with Crippen LogP contribution in [0.2, 0.25) is 0 Å². The molecule has 0 amide bonds. The highest BCUT2D eigenvalue weighted by Crippen LogP contribution is 2.11. The van der Waals surface area contributed by atoms with E-state index in [2.05, 4.69) is 23.8 Å². The van der Waals surface area contributed by atoms with Gasteiger partial charge in [-0.25, -0.2) is 0 Å². The van der Waals surface area contributed by atoms with E-state index in [4.69, 9.17) is 0 Å². The van der Waals surface area contributed by atoms with E-state index in [0.29, 0.717) is 6.42 Å². The van der Waals surface area contributed by atoms with E-state index < -0.39 is 0 Å². The van der Waals surface area contributed by atoms with Gasteiger partial charge in [-0.1, -0.05) is 57.6 Å². The lowest BCUT2D eigenvalue weighted by Gasteiger charge is -2.01. The molecular weight excluding hydrogens is 224 g/mol. The van der Waals surface area contributed by atoms with Crippen molar-refractivity contribution in [3.05, 3.63) is 12.2 Å². The molecule has 0 aliphatic heterocycles. The largest absolute Gasteiger partial charge is 0.469 e. The maximum absolute atomic E-state index is 10.9. The number of esters is 1. The summed E-state index contributed by atoms with van der Waals surface area (Å²) in [5, 5.41) is 0. The van der Waals surface area contributed by atoms with Gasteiger partial charge in [0.25, 0.3) is 0 Å². The standard InChI is InChI=1S/C16H30O2/c1-3-4-5-6-7-8-9-10-11-12-13-14-15-16(17)18-2/h4-5H,3,6-15H2,1-2H3/b5-4+. The highest BCUT2D eigenvalue weighted by molar-refractivity contribution is 5.68. The minimum atomic E-state index is -0.0740. The minimum absolute atomic E-state index is 0.0740. The number of rotatable bonds is 12. The Kier molecular flexibility index (Phi) is 13.6. The van der Waals surface area contributed by atoms with Crippen molar-refractivity contribution in [2.24, 2.45) is 0 Å². The van der Waals surface area contributed by atoms with Crippen LogP contribution in [0.25, 0.3) is 0 Å². The number of hydrogen-bond acceptors (Lipinski definition) is 2. The van der Waals surface area contributed by atoms with Crippen molar-refractivity contribution in [3.8, 4) is 0 Å². The quantitative estimate of drug-likeness (QED) is 0.277. The first kappa shape index (κ1) is 17.2. The molecule has 0 rings (SSSR count). The first-order valence-corrected chi connectivity index (χ1v) is 7.53. The lowest BCUT2D eigenvalue weighted by Crippen LogP contribution is -1.99. The monoisotopic (exact) mass is 254 g/mol. The van der Waals surface area contributed by atoms with E-state index in [-0.39, 0.29) is 5.97 Å². The van der Waals surface area contributed by atoms with Gasteiger partial charge in [-0.05, 0) is 25.7 Å².